The summed E-state index contributed by atoms with van der Waals surface area (Å²) < 4.78 is 10.0. The van der Waals surface area contributed by atoms with E-state index >= 15 is 0 Å². The number of aliphatic hydroxyl groups excluding tert-OH is 1. The van der Waals surface area contributed by atoms with Crippen molar-refractivity contribution >= 4 is 17.6 Å². The Hall–Kier alpha value is -2.54. The van der Waals surface area contributed by atoms with Gasteiger partial charge in [-0.15, -0.1) is 0 Å². The number of β-amino-alcohol motifs (C(OH)–C–C–N with tert-alkyl or cyclic N) is 1. The van der Waals surface area contributed by atoms with Crippen molar-refractivity contribution in [3.05, 3.63) is 34.5 Å². The monoisotopic (exact) mass is 334 g/mol. The Morgan fingerprint density at radius 1 is 1.29 bits per heavy atom. The summed E-state index contributed by atoms with van der Waals surface area (Å²) in [6.45, 7) is 3.88. The number of rotatable bonds is 6. The van der Waals surface area contributed by atoms with Crippen molar-refractivity contribution in [2.75, 3.05) is 39.2 Å². The van der Waals surface area contributed by atoms with Crippen molar-refractivity contribution < 1.29 is 24.2 Å². The van der Waals surface area contributed by atoms with Gasteiger partial charge in [-0.1, -0.05) is 0 Å². The first-order chi connectivity index (χ1) is 11.4. The van der Waals surface area contributed by atoms with Gasteiger partial charge in [-0.05, 0) is 37.1 Å². The number of carbonyl (C=O) groups is 2. The van der Waals surface area contributed by atoms with Crippen molar-refractivity contribution in [1.82, 2.24) is 4.90 Å². The van der Waals surface area contributed by atoms with Gasteiger partial charge in [0.1, 0.15) is 11.4 Å². The first kappa shape index (κ1) is 17.8. The third-order valence-corrected chi connectivity index (χ3v) is 3.96. The molecule has 0 saturated heterocycles. The summed E-state index contributed by atoms with van der Waals surface area (Å²) in [7, 11) is 2.87. The quantitative estimate of drug-likeness (QED) is 0.754. The fourth-order valence-electron chi connectivity index (χ4n) is 2.63. The van der Waals surface area contributed by atoms with Crippen molar-refractivity contribution in [2.24, 2.45) is 0 Å². The van der Waals surface area contributed by atoms with E-state index in [2.05, 4.69) is 5.32 Å². The van der Waals surface area contributed by atoms with Crippen molar-refractivity contribution in [3.63, 3.8) is 0 Å². The first-order valence-electron chi connectivity index (χ1n) is 7.56. The molecule has 130 valence electrons. The summed E-state index contributed by atoms with van der Waals surface area (Å²) in [5, 5.41) is 12.1. The lowest BCUT2D eigenvalue weighted by molar-refractivity contribution is -0.136. The van der Waals surface area contributed by atoms with Crippen LogP contribution in [0.4, 0.5) is 5.69 Å². The maximum absolute atomic E-state index is 12.5. The van der Waals surface area contributed by atoms with Gasteiger partial charge >= 0.3 is 5.97 Å². The summed E-state index contributed by atoms with van der Waals surface area (Å²) in [5.41, 5.74) is 2.93. The topological polar surface area (TPSA) is 88.1 Å². The Balaban J connectivity index is 2.39. The van der Waals surface area contributed by atoms with Gasteiger partial charge in [0, 0.05) is 12.2 Å². The maximum Gasteiger partial charge on any atom is 0.337 e. The van der Waals surface area contributed by atoms with Crippen LogP contribution in [0.15, 0.2) is 23.4 Å². The Labute approximate surface area is 140 Å². The van der Waals surface area contributed by atoms with Crippen LogP contribution in [0.2, 0.25) is 0 Å². The normalized spacial score (nSPS) is 14.2. The number of ether oxygens (including phenoxy) is 2. The minimum absolute atomic E-state index is 0.114. The van der Waals surface area contributed by atoms with Crippen LogP contribution in [-0.2, 0) is 14.3 Å². The molecule has 2 rings (SSSR count). The third-order valence-electron chi connectivity index (χ3n) is 3.96. The number of amides is 1. The highest BCUT2D eigenvalue weighted by molar-refractivity contribution is 6.08. The van der Waals surface area contributed by atoms with Crippen LogP contribution in [-0.4, -0.2) is 55.8 Å². The Morgan fingerprint density at radius 2 is 2.00 bits per heavy atom. The molecule has 0 aliphatic carbocycles. The van der Waals surface area contributed by atoms with E-state index < -0.39 is 5.97 Å². The molecule has 0 spiro atoms. The SMILES string of the molecule is COC(=O)C1=C(Nc2cc(C)c(OC)cc2C)C(=O)N(CCO)C1. The molecular formula is C17H22N2O5. The second-order valence-electron chi connectivity index (χ2n) is 5.56. The molecule has 0 atom stereocenters. The van der Waals surface area contributed by atoms with Gasteiger partial charge in [0.05, 0.1) is 32.9 Å². The number of aryl methyl sites for hydroxylation is 2. The lowest BCUT2D eigenvalue weighted by Crippen LogP contribution is -2.31. The van der Waals surface area contributed by atoms with Gasteiger partial charge in [0.25, 0.3) is 5.91 Å². The predicted octanol–water partition coefficient (Wildman–Crippen LogP) is 0.986. The molecule has 0 bridgehead atoms. The van der Waals surface area contributed by atoms with Crippen LogP contribution in [0.25, 0.3) is 0 Å². The summed E-state index contributed by atoms with van der Waals surface area (Å²) in [5.74, 6) is -0.147. The first-order valence-corrected chi connectivity index (χ1v) is 7.56. The van der Waals surface area contributed by atoms with Gasteiger partial charge in [-0.3, -0.25) is 4.79 Å². The van der Waals surface area contributed by atoms with Gasteiger partial charge in [0.2, 0.25) is 0 Å². The third kappa shape index (κ3) is 3.35. The molecule has 2 N–H and O–H groups in total. The number of carbonyl (C=O) groups excluding carboxylic acids is 2. The second kappa shape index (κ2) is 7.35. The molecule has 1 aliphatic heterocycles. The number of esters is 1. The molecule has 7 nitrogen and oxygen atoms in total. The molecule has 0 unspecified atom stereocenters. The Morgan fingerprint density at radius 3 is 2.58 bits per heavy atom. The standard InChI is InChI=1S/C17H22N2O5/c1-10-8-14(23-3)11(2)7-13(10)18-15-12(17(22)24-4)9-19(5-6-20)16(15)21/h7-8,18,20H,5-6,9H2,1-4H3. The number of anilines is 1. The predicted molar refractivity (Wildman–Crippen MR) is 88.8 cm³/mol. The molecule has 1 aromatic carbocycles. The molecule has 0 fully saturated rings. The molecule has 24 heavy (non-hydrogen) atoms. The van der Waals surface area contributed by atoms with Gasteiger partial charge < -0.3 is 24.8 Å². The number of hydrogen-bond donors (Lipinski definition) is 2. The van der Waals surface area contributed by atoms with Crippen LogP contribution in [0.1, 0.15) is 11.1 Å². The molecule has 1 amide bonds. The number of nitrogens with one attached hydrogen (secondary N) is 1. The van der Waals surface area contributed by atoms with E-state index in [4.69, 9.17) is 14.6 Å². The maximum atomic E-state index is 12.5. The van der Waals surface area contributed by atoms with Crippen LogP contribution >= 0.6 is 0 Å². The van der Waals surface area contributed by atoms with E-state index in [-0.39, 0.29) is 36.9 Å². The van der Waals surface area contributed by atoms with E-state index in [9.17, 15) is 9.59 Å². The summed E-state index contributed by atoms with van der Waals surface area (Å²) >= 11 is 0. The van der Waals surface area contributed by atoms with Gasteiger partial charge in [0.15, 0.2) is 0 Å². The molecule has 0 aromatic heterocycles. The Bertz CT molecular complexity index is 696. The largest absolute Gasteiger partial charge is 0.496 e. The van der Waals surface area contributed by atoms with E-state index in [1.54, 1.807) is 7.11 Å². The lowest BCUT2D eigenvalue weighted by Gasteiger charge is -2.16. The van der Waals surface area contributed by atoms with Crippen molar-refractivity contribution in [1.29, 1.82) is 0 Å². The van der Waals surface area contributed by atoms with E-state index in [1.165, 1.54) is 12.0 Å². The van der Waals surface area contributed by atoms with Gasteiger partial charge in [-0.25, -0.2) is 4.79 Å². The van der Waals surface area contributed by atoms with Crippen LogP contribution in [0.3, 0.4) is 0 Å². The second-order valence-corrected chi connectivity index (χ2v) is 5.56. The minimum Gasteiger partial charge on any atom is -0.496 e. The van der Waals surface area contributed by atoms with E-state index in [1.807, 2.05) is 26.0 Å². The van der Waals surface area contributed by atoms with Crippen LogP contribution in [0, 0.1) is 13.8 Å². The molecule has 1 aliphatic rings. The highest BCUT2D eigenvalue weighted by atomic mass is 16.5. The van der Waals surface area contributed by atoms with Crippen LogP contribution in [0.5, 0.6) is 5.75 Å². The number of aliphatic hydroxyl groups is 1. The number of benzene rings is 1. The zero-order chi connectivity index (χ0) is 17.9. The molecule has 1 heterocycles. The Kier molecular flexibility index (Phi) is 5.46. The van der Waals surface area contributed by atoms with Crippen molar-refractivity contribution in [2.45, 2.75) is 13.8 Å². The molecule has 7 heteroatoms. The highest BCUT2D eigenvalue weighted by Gasteiger charge is 2.34. The van der Waals surface area contributed by atoms with Gasteiger partial charge in [-0.2, -0.15) is 0 Å². The molecule has 0 saturated carbocycles. The molecular weight excluding hydrogens is 312 g/mol. The zero-order valence-corrected chi connectivity index (χ0v) is 14.3. The van der Waals surface area contributed by atoms with Crippen LogP contribution < -0.4 is 10.1 Å². The number of hydrogen-bond acceptors (Lipinski definition) is 6. The fraction of sp³-hybridized carbons (Fsp3) is 0.412. The summed E-state index contributed by atoms with van der Waals surface area (Å²) in [6, 6.07) is 3.72. The molecule has 1 aromatic rings. The summed E-state index contributed by atoms with van der Waals surface area (Å²) in [4.78, 5) is 25.9. The van der Waals surface area contributed by atoms with E-state index in [0.717, 1.165) is 16.9 Å². The number of methoxy groups -OCH3 is 2. The summed E-state index contributed by atoms with van der Waals surface area (Å²) in [6.07, 6.45) is 0. The minimum atomic E-state index is -0.561. The smallest absolute Gasteiger partial charge is 0.337 e. The molecule has 0 radical (unpaired) electrons. The van der Waals surface area contributed by atoms with Crippen molar-refractivity contribution in [3.8, 4) is 5.75 Å². The highest BCUT2D eigenvalue weighted by Crippen LogP contribution is 2.29. The number of nitrogens with zero attached hydrogens (tertiary/aromatic N) is 1. The average Bonchev–Trinajstić information content (AvgIpc) is 2.87. The fourth-order valence-corrected chi connectivity index (χ4v) is 2.63. The lowest BCUT2D eigenvalue weighted by atomic mass is 10.1. The average molecular weight is 334 g/mol. The van der Waals surface area contributed by atoms with E-state index in [0.29, 0.717) is 5.69 Å². The zero-order valence-electron chi connectivity index (χ0n) is 14.3.